The molecule has 1 aromatic carbocycles. The van der Waals surface area contributed by atoms with Crippen LogP contribution in [0.15, 0.2) is 35.5 Å². The summed E-state index contributed by atoms with van der Waals surface area (Å²) in [7, 11) is 2.00. The van der Waals surface area contributed by atoms with Crippen molar-refractivity contribution < 1.29 is 0 Å². The predicted molar refractivity (Wildman–Crippen MR) is 74.6 cm³/mol. The fraction of sp³-hybridized carbons (Fsp3) is 0.385. The molecular formula is C13H18N4S. The highest BCUT2D eigenvalue weighted by Gasteiger charge is 2.04. The Hall–Kier alpha value is -1.33. The van der Waals surface area contributed by atoms with Crippen LogP contribution in [0.2, 0.25) is 0 Å². The van der Waals surface area contributed by atoms with Crippen molar-refractivity contribution in [1.82, 2.24) is 20.1 Å². The molecule has 0 spiro atoms. The van der Waals surface area contributed by atoms with Gasteiger partial charge in [0.15, 0.2) is 5.16 Å². The summed E-state index contributed by atoms with van der Waals surface area (Å²) in [6.07, 6.45) is 0. The SMILES string of the molecule is Cc1nnc(SCCNCc2ccccc2)n1C. The molecule has 4 nitrogen and oxygen atoms in total. The summed E-state index contributed by atoms with van der Waals surface area (Å²) in [5.41, 5.74) is 1.32. The highest BCUT2D eigenvalue weighted by molar-refractivity contribution is 7.99. The zero-order valence-electron chi connectivity index (χ0n) is 10.8. The van der Waals surface area contributed by atoms with E-state index in [4.69, 9.17) is 0 Å². The predicted octanol–water partition coefficient (Wildman–Crippen LogP) is 2.01. The zero-order valence-corrected chi connectivity index (χ0v) is 11.6. The lowest BCUT2D eigenvalue weighted by molar-refractivity contribution is 0.727. The average Bonchev–Trinajstić information content (AvgIpc) is 2.71. The lowest BCUT2D eigenvalue weighted by Crippen LogP contribution is -2.16. The molecule has 1 heterocycles. The Kier molecular flexibility index (Phi) is 4.78. The van der Waals surface area contributed by atoms with Gasteiger partial charge < -0.3 is 9.88 Å². The van der Waals surface area contributed by atoms with Gasteiger partial charge in [0.05, 0.1) is 0 Å². The molecule has 0 fully saturated rings. The molecule has 96 valence electrons. The van der Waals surface area contributed by atoms with Crippen LogP contribution in [0, 0.1) is 6.92 Å². The Morgan fingerprint density at radius 2 is 2.00 bits per heavy atom. The van der Waals surface area contributed by atoms with Crippen molar-refractivity contribution in [3.05, 3.63) is 41.7 Å². The van der Waals surface area contributed by atoms with Gasteiger partial charge >= 0.3 is 0 Å². The molecular weight excluding hydrogens is 244 g/mol. The van der Waals surface area contributed by atoms with Gasteiger partial charge in [-0.3, -0.25) is 0 Å². The quantitative estimate of drug-likeness (QED) is 0.639. The van der Waals surface area contributed by atoms with Gasteiger partial charge in [0.25, 0.3) is 0 Å². The summed E-state index contributed by atoms with van der Waals surface area (Å²) in [5, 5.41) is 12.6. The van der Waals surface area contributed by atoms with Gasteiger partial charge in [0, 0.05) is 25.9 Å². The van der Waals surface area contributed by atoms with Crippen LogP contribution in [0.1, 0.15) is 11.4 Å². The Morgan fingerprint density at radius 3 is 2.67 bits per heavy atom. The van der Waals surface area contributed by atoms with Gasteiger partial charge in [-0.25, -0.2) is 0 Å². The largest absolute Gasteiger partial charge is 0.312 e. The van der Waals surface area contributed by atoms with Crippen molar-refractivity contribution in [2.24, 2.45) is 7.05 Å². The van der Waals surface area contributed by atoms with Crippen molar-refractivity contribution in [2.75, 3.05) is 12.3 Å². The minimum Gasteiger partial charge on any atom is -0.312 e. The minimum atomic E-state index is 0.916. The topological polar surface area (TPSA) is 42.7 Å². The Morgan fingerprint density at radius 1 is 1.22 bits per heavy atom. The first-order chi connectivity index (χ1) is 8.77. The van der Waals surface area contributed by atoms with Gasteiger partial charge in [-0.15, -0.1) is 10.2 Å². The van der Waals surface area contributed by atoms with Crippen LogP contribution in [-0.2, 0) is 13.6 Å². The molecule has 18 heavy (non-hydrogen) atoms. The Balaban J connectivity index is 1.66. The number of benzene rings is 1. The summed E-state index contributed by atoms with van der Waals surface area (Å²) >= 11 is 1.73. The van der Waals surface area contributed by atoms with Gasteiger partial charge in [0.2, 0.25) is 0 Å². The van der Waals surface area contributed by atoms with Gasteiger partial charge in [-0.2, -0.15) is 0 Å². The number of nitrogens with one attached hydrogen (secondary N) is 1. The van der Waals surface area contributed by atoms with Crippen LogP contribution in [0.4, 0.5) is 0 Å². The highest BCUT2D eigenvalue weighted by Crippen LogP contribution is 2.14. The number of aryl methyl sites for hydroxylation is 1. The first-order valence-corrected chi connectivity index (χ1v) is 6.99. The molecule has 1 aromatic heterocycles. The second-order valence-corrected chi connectivity index (χ2v) is 5.16. The molecule has 0 aliphatic carbocycles. The van der Waals surface area contributed by atoms with E-state index in [1.807, 2.05) is 24.6 Å². The smallest absolute Gasteiger partial charge is 0.190 e. The van der Waals surface area contributed by atoms with E-state index < -0.39 is 0 Å². The maximum absolute atomic E-state index is 4.12. The van der Waals surface area contributed by atoms with Crippen LogP contribution >= 0.6 is 11.8 Å². The molecule has 2 rings (SSSR count). The Bertz CT molecular complexity index is 481. The maximum atomic E-state index is 4.12. The molecule has 2 aromatic rings. The second-order valence-electron chi connectivity index (χ2n) is 4.10. The summed E-state index contributed by atoms with van der Waals surface area (Å²) < 4.78 is 2.02. The number of hydrogen-bond donors (Lipinski definition) is 1. The van der Waals surface area contributed by atoms with Crippen LogP contribution < -0.4 is 5.32 Å². The standard InChI is InChI=1S/C13H18N4S/c1-11-15-16-13(17(11)2)18-9-8-14-10-12-6-4-3-5-7-12/h3-7,14H,8-10H2,1-2H3. The monoisotopic (exact) mass is 262 g/mol. The van der Waals surface area contributed by atoms with Crippen molar-refractivity contribution in [3.63, 3.8) is 0 Å². The van der Waals surface area contributed by atoms with Gasteiger partial charge in [-0.05, 0) is 12.5 Å². The molecule has 0 saturated carbocycles. The normalized spacial score (nSPS) is 10.8. The molecule has 0 bridgehead atoms. The fourth-order valence-corrected chi connectivity index (χ4v) is 2.41. The summed E-state index contributed by atoms with van der Waals surface area (Å²) in [4.78, 5) is 0. The number of nitrogens with zero attached hydrogens (tertiary/aromatic N) is 3. The van der Waals surface area contributed by atoms with Crippen molar-refractivity contribution in [3.8, 4) is 0 Å². The molecule has 0 aliphatic rings. The average molecular weight is 262 g/mol. The number of aromatic nitrogens is 3. The lowest BCUT2D eigenvalue weighted by atomic mass is 10.2. The first-order valence-electron chi connectivity index (χ1n) is 6.01. The third kappa shape index (κ3) is 3.58. The van der Waals surface area contributed by atoms with E-state index in [1.165, 1.54) is 5.56 Å². The first kappa shape index (κ1) is 13.1. The lowest BCUT2D eigenvalue weighted by Gasteiger charge is -2.04. The zero-order chi connectivity index (χ0) is 12.8. The van der Waals surface area contributed by atoms with Crippen LogP contribution in [-0.4, -0.2) is 27.1 Å². The summed E-state index contributed by atoms with van der Waals surface area (Å²) in [6.45, 7) is 3.84. The third-order valence-corrected chi connectivity index (χ3v) is 3.76. The van der Waals surface area contributed by atoms with E-state index in [9.17, 15) is 0 Å². The molecule has 0 radical (unpaired) electrons. The third-order valence-electron chi connectivity index (χ3n) is 2.73. The van der Waals surface area contributed by atoms with E-state index in [-0.39, 0.29) is 0 Å². The molecule has 1 N–H and O–H groups in total. The number of thioether (sulfide) groups is 1. The fourth-order valence-electron chi connectivity index (χ4n) is 1.56. The minimum absolute atomic E-state index is 0.916. The second kappa shape index (κ2) is 6.56. The van der Waals surface area contributed by atoms with Crippen molar-refractivity contribution in [1.29, 1.82) is 0 Å². The maximum Gasteiger partial charge on any atom is 0.190 e. The molecule has 0 atom stereocenters. The Labute approximate surface area is 112 Å². The van der Waals surface area contributed by atoms with Crippen LogP contribution in [0.5, 0.6) is 0 Å². The molecule has 5 heteroatoms. The van der Waals surface area contributed by atoms with E-state index >= 15 is 0 Å². The molecule has 0 aliphatic heterocycles. The van der Waals surface area contributed by atoms with E-state index in [2.05, 4.69) is 39.8 Å². The van der Waals surface area contributed by atoms with Gasteiger partial charge in [-0.1, -0.05) is 42.1 Å². The highest BCUT2D eigenvalue weighted by atomic mass is 32.2. The van der Waals surface area contributed by atoms with E-state index in [1.54, 1.807) is 11.8 Å². The van der Waals surface area contributed by atoms with Crippen LogP contribution in [0.25, 0.3) is 0 Å². The van der Waals surface area contributed by atoms with E-state index in [0.717, 1.165) is 29.8 Å². The summed E-state index contributed by atoms with van der Waals surface area (Å²) in [5.74, 6) is 1.95. The van der Waals surface area contributed by atoms with Crippen molar-refractivity contribution in [2.45, 2.75) is 18.6 Å². The molecule has 0 saturated heterocycles. The molecule has 0 unspecified atom stereocenters. The summed E-state index contributed by atoms with van der Waals surface area (Å²) in [6, 6.07) is 10.4. The number of rotatable bonds is 6. The van der Waals surface area contributed by atoms with E-state index in [0.29, 0.717) is 0 Å². The number of hydrogen-bond acceptors (Lipinski definition) is 4. The molecule has 0 amide bonds. The van der Waals surface area contributed by atoms with Gasteiger partial charge in [0.1, 0.15) is 5.82 Å². The van der Waals surface area contributed by atoms with Crippen LogP contribution in [0.3, 0.4) is 0 Å². The van der Waals surface area contributed by atoms with Crippen molar-refractivity contribution >= 4 is 11.8 Å².